The second-order valence-electron chi connectivity index (χ2n) is 4.51. The molecule has 3 rings (SSSR count). The molecule has 0 saturated heterocycles. The van der Waals surface area contributed by atoms with Gasteiger partial charge in [-0.05, 0) is 34.7 Å². The molecule has 0 radical (unpaired) electrons. The van der Waals surface area contributed by atoms with E-state index < -0.39 is 11.5 Å². The summed E-state index contributed by atoms with van der Waals surface area (Å²) in [5, 5.41) is 7.35. The van der Waals surface area contributed by atoms with E-state index in [-0.39, 0.29) is 12.2 Å². The van der Waals surface area contributed by atoms with E-state index in [0.29, 0.717) is 11.4 Å². The van der Waals surface area contributed by atoms with Crippen LogP contribution in [0.25, 0.3) is 5.69 Å². The van der Waals surface area contributed by atoms with E-state index in [9.17, 15) is 9.18 Å². The Hall–Kier alpha value is -3.03. The fourth-order valence-corrected chi connectivity index (χ4v) is 1.94. The van der Waals surface area contributed by atoms with Crippen molar-refractivity contribution < 1.29 is 9.13 Å². The molecule has 0 amide bonds. The predicted octanol–water partition coefficient (Wildman–Crippen LogP) is 1.08. The minimum absolute atomic E-state index is 0.0466. The highest BCUT2D eigenvalue weighted by atomic mass is 19.1. The first-order valence-corrected chi connectivity index (χ1v) is 6.46. The van der Waals surface area contributed by atoms with Gasteiger partial charge in [0.15, 0.2) is 0 Å². The van der Waals surface area contributed by atoms with Crippen molar-refractivity contribution >= 4 is 0 Å². The average molecular weight is 301 g/mol. The van der Waals surface area contributed by atoms with E-state index in [1.165, 1.54) is 19.2 Å². The van der Waals surface area contributed by atoms with Crippen LogP contribution in [-0.2, 0) is 13.7 Å². The van der Waals surface area contributed by atoms with Crippen molar-refractivity contribution in [3.63, 3.8) is 0 Å². The molecule has 0 aliphatic heterocycles. The van der Waals surface area contributed by atoms with Crippen molar-refractivity contribution in [1.82, 2.24) is 24.8 Å². The number of halogens is 1. The van der Waals surface area contributed by atoms with Crippen molar-refractivity contribution in [3.05, 3.63) is 64.6 Å². The van der Waals surface area contributed by atoms with Gasteiger partial charge in [-0.1, -0.05) is 6.07 Å². The summed E-state index contributed by atoms with van der Waals surface area (Å²) in [5.74, 6) is 0.0693. The van der Waals surface area contributed by atoms with Gasteiger partial charge in [0.25, 0.3) is 0 Å². The summed E-state index contributed by atoms with van der Waals surface area (Å²) in [6.07, 6.45) is 3.15. The highest BCUT2D eigenvalue weighted by Gasteiger charge is 2.15. The minimum Gasteiger partial charge on any atom is -0.489 e. The van der Waals surface area contributed by atoms with E-state index in [2.05, 4.69) is 15.4 Å². The molecule has 0 unspecified atom stereocenters. The first-order chi connectivity index (χ1) is 10.7. The third-order valence-electron chi connectivity index (χ3n) is 3.08. The Labute approximate surface area is 124 Å². The third kappa shape index (κ3) is 2.58. The zero-order chi connectivity index (χ0) is 15.5. The average Bonchev–Trinajstić information content (AvgIpc) is 2.86. The van der Waals surface area contributed by atoms with Gasteiger partial charge in [0.05, 0.1) is 11.3 Å². The maximum atomic E-state index is 14.1. The van der Waals surface area contributed by atoms with Crippen LogP contribution in [0.4, 0.5) is 4.39 Å². The summed E-state index contributed by atoms with van der Waals surface area (Å²) >= 11 is 0. The molecule has 0 spiro atoms. The number of nitrogens with zero attached hydrogens (tertiary/aromatic N) is 5. The van der Waals surface area contributed by atoms with Crippen LogP contribution < -0.4 is 10.4 Å². The molecule has 0 fully saturated rings. The molecule has 2 heterocycles. The summed E-state index contributed by atoms with van der Waals surface area (Å²) in [7, 11) is 1.47. The van der Waals surface area contributed by atoms with Crippen molar-refractivity contribution in [2.24, 2.45) is 7.05 Å². The van der Waals surface area contributed by atoms with Gasteiger partial charge in [-0.15, -0.1) is 0 Å². The van der Waals surface area contributed by atoms with Gasteiger partial charge < -0.3 is 4.74 Å². The second kappa shape index (κ2) is 5.76. The number of ether oxygens (including phenoxy) is 1. The summed E-state index contributed by atoms with van der Waals surface area (Å²) in [6, 6.07) is 7.71. The third-order valence-corrected chi connectivity index (χ3v) is 3.08. The van der Waals surface area contributed by atoms with E-state index in [1.54, 1.807) is 30.6 Å². The van der Waals surface area contributed by atoms with Crippen LogP contribution in [0.5, 0.6) is 5.75 Å². The number of hydrogen-bond donors (Lipinski definition) is 0. The highest BCUT2D eigenvalue weighted by Crippen LogP contribution is 2.19. The maximum absolute atomic E-state index is 14.1. The highest BCUT2D eigenvalue weighted by molar-refractivity contribution is 5.40. The Balaban J connectivity index is 1.97. The van der Waals surface area contributed by atoms with Crippen molar-refractivity contribution in [2.75, 3.05) is 0 Å². The fourth-order valence-electron chi connectivity index (χ4n) is 1.94. The Kier molecular flexibility index (Phi) is 3.65. The molecule has 22 heavy (non-hydrogen) atoms. The number of aryl methyl sites for hydroxylation is 1. The van der Waals surface area contributed by atoms with Gasteiger partial charge in [-0.25, -0.2) is 9.18 Å². The standard InChI is InChI=1S/C14H12FN5O2/c1-19-14(21)20(18-17-19)13-4-2-3-12(15)11(13)9-22-10-5-7-16-8-6-10/h2-8H,9H2,1H3. The maximum Gasteiger partial charge on any atom is 0.368 e. The molecular formula is C14H12FN5O2. The van der Waals surface area contributed by atoms with Crippen molar-refractivity contribution in [2.45, 2.75) is 6.61 Å². The molecule has 0 saturated carbocycles. The van der Waals surface area contributed by atoms with Gasteiger partial charge in [-0.2, -0.15) is 9.36 Å². The molecule has 0 atom stereocenters. The van der Waals surface area contributed by atoms with E-state index in [4.69, 9.17) is 4.74 Å². The van der Waals surface area contributed by atoms with Crippen LogP contribution in [0.2, 0.25) is 0 Å². The zero-order valence-electron chi connectivity index (χ0n) is 11.7. The van der Waals surface area contributed by atoms with Crippen LogP contribution in [0.3, 0.4) is 0 Å². The van der Waals surface area contributed by atoms with Gasteiger partial charge >= 0.3 is 5.69 Å². The predicted molar refractivity (Wildman–Crippen MR) is 75.1 cm³/mol. The molecule has 0 bridgehead atoms. The van der Waals surface area contributed by atoms with E-state index >= 15 is 0 Å². The summed E-state index contributed by atoms with van der Waals surface area (Å²) in [6.45, 7) is -0.0466. The van der Waals surface area contributed by atoms with Crippen LogP contribution >= 0.6 is 0 Å². The summed E-state index contributed by atoms with van der Waals surface area (Å²) in [5.41, 5.74) is 0.0600. The summed E-state index contributed by atoms with van der Waals surface area (Å²) in [4.78, 5) is 15.8. The van der Waals surface area contributed by atoms with Crippen molar-refractivity contribution in [3.8, 4) is 11.4 Å². The number of pyridine rings is 1. The fraction of sp³-hybridized carbons (Fsp3) is 0.143. The molecule has 1 aromatic carbocycles. The minimum atomic E-state index is -0.482. The first-order valence-electron chi connectivity index (χ1n) is 6.46. The number of hydrogen-bond acceptors (Lipinski definition) is 5. The lowest BCUT2D eigenvalue weighted by Crippen LogP contribution is -2.23. The monoisotopic (exact) mass is 301 g/mol. The van der Waals surface area contributed by atoms with Crippen LogP contribution in [0.1, 0.15) is 5.56 Å². The molecular weight excluding hydrogens is 289 g/mol. The van der Waals surface area contributed by atoms with Gasteiger partial charge in [0.2, 0.25) is 0 Å². The topological polar surface area (TPSA) is 74.8 Å². The van der Waals surface area contributed by atoms with Crippen LogP contribution in [-0.4, -0.2) is 24.8 Å². The number of aromatic nitrogens is 5. The Bertz CT molecular complexity index is 844. The van der Waals surface area contributed by atoms with Gasteiger partial charge in [0, 0.05) is 19.4 Å². The second-order valence-corrected chi connectivity index (χ2v) is 4.51. The first kappa shape index (κ1) is 13.9. The van der Waals surface area contributed by atoms with Crippen LogP contribution in [0, 0.1) is 5.82 Å². The molecule has 0 aliphatic rings. The lowest BCUT2D eigenvalue weighted by Gasteiger charge is -2.10. The van der Waals surface area contributed by atoms with Crippen molar-refractivity contribution in [1.29, 1.82) is 0 Å². The molecule has 7 nitrogen and oxygen atoms in total. The molecule has 2 aromatic heterocycles. The smallest absolute Gasteiger partial charge is 0.368 e. The Morgan fingerprint density at radius 1 is 1.18 bits per heavy atom. The lowest BCUT2D eigenvalue weighted by molar-refractivity contribution is 0.298. The Morgan fingerprint density at radius 2 is 1.95 bits per heavy atom. The van der Waals surface area contributed by atoms with Gasteiger partial charge in [-0.3, -0.25) is 4.98 Å². The largest absolute Gasteiger partial charge is 0.489 e. The molecule has 3 aromatic rings. The van der Waals surface area contributed by atoms with Gasteiger partial charge in [0.1, 0.15) is 18.2 Å². The lowest BCUT2D eigenvalue weighted by atomic mass is 10.2. The summed E-state index contributed by atoms with van der Waals surface area (Å²) < 4.78 is 21.7. The quantitative estimate of drug-likeness (QED) is 0.721. The molecule has 112 valence electrons. The van der Waals surface area contributed by atoms with E-state index in [0.717, 1.165) is 9.36 Å². The molecule has 8 heteroatoms. The molecule has 0 N–H and O–H groups in total. The van der Waals surface area contributed by atoms with E-state index in [1.807, 2.05) is 0 Å². The normalized spacial score (nSPS) is 10.6. The molecule has 0 aliphatic carbocycles. The van der Waals surface area contributed by atoms with Crippen LogP contribution in [0.15, 0.2) is 47.5 Å². The number of tetrazole rings is 1. The number of rotatable bonds is 4. The number of benzene rings is 1. The SMILES string of the molecule is Cn1nnn(-c2cccc(F)c2COc2ccncc2)c1=O. The zero-order valence-corrected chi connectivity index (χ0v) is 11.7. The Morgan fingerprint density at radius 3 is 2.64 bits per heavy atom.